The number of alkyl halides is 3. The zero-order chi connectivity index (χ0) is 19.1. The summed E-state index contributed by atoms with van der Waals surface area (Å²) >= 11 is 0. The Morgan fingerprint density at radius 1 is 1.27 bits per heavy atom. The summed E-state index contributed by atoms with van der Waals surface area (Å²) in [4.78, 5) is 12.6. The highest BCUT2D eigenvalue weighted by Gasteiger charge is 2.44. The third-order valence-electron chi connectivity index (χ3n) is 4.59. The predicted octanol–water partition coefficient (Wildman–Crippen LogP) is 3.38. The fourth-order valence-electron chi connectivity index (χ4n) is 3.54. The molecule has 3 rings (SSSR count). The minimum atomic E-state index is -4.79. The molecule has 2 N–H and O–H groups in total. The second-order valence-corrected chi connectivity index (χ2v) is 6.61. The number of nitriles is 1. The van der Waals surface area contributed by atoms with Crippen molar-refractivity contribution < 1.29 is 27.4 Å². The van der Waals surface area contributed by atoms with E-state index in [4.69, 9.17) is 10.5 Å². The third-order valence-corrected chi connectivity index (χ3v) is 4.59. The van der Waals surface area contributed by atoms with E-state index in [2.05, 4.69) is 10.8 Å². The van der Waals surface area contributed by atoms with Crippen LogP contribution >= 0.6 is 0 Å². The van der Waals surface area contributed by atoms with Gasteiger partial charge >= 0.3 is 6.36 Å². The molecule has 0 amide bonds. The van der Waals surface area contributed by atoms with E-state index in [0.29, 0.717) is 29.7 Å². The number of nitrogens with zero attached hydrogens (tertiary/aromatic N) is 1. The van der Waals surface area contributed by atoms with E-state index in [9.17, 15) is 23.2 Å². The number of hydrogen-bond acceptors (Lipinski definition) is 5. The molecule has 0 spiro atoms. The largest absolute Gasteiger partial charge is 0.573 e. The van der Waals surface area contributed by atoms with Gasteiger partial charge in [-0.3, -0.25) is 10.5 Å². The summed E-state index contributed by atoms with van der Waals surface area (Å²) in [6, 6.07) is 7.24. The molecule has 0 fully saturated rings. The molecule has 0 saturated carbocycles. The van der Waals surface area contributed by atoms with Crippen molar-refractivity contribution in [3.63, 3.8) is 0 Å². The lowest BCUT2D eigenvalue weighted by atomic mass is 9.72. The summed E-state index contributed by atoms with van der Waals surface area (Å²) in [6.07, 6.45) is -4.82. The minimum Gasteiger partial charge on any atom is -0.478 e. The number of nitrogens with two attached hydrogens (primary N) is 1. The smallest absolute Gasteiger partial charge is 0.478 e. The van der Waals surface area contributed by atoms with Crippen LogP contribution in [0.3, 0.4) is 0 Å². The van der Waals surface area contributed by atoms with Crippen LogP contribution in [0.15, 0.2) is 35.6 Å². The van der Waals surface area contributed by atoms with Crippen LogP contribution in [-0.4, -0.2) is 18.4 Å². The molecule has 0 saturated heterocycles. The standard InChI is InChI=1S/C18H17F3N2O3/c1-9-6-13(24)16-14(7-9)25-17(23)12(8-22)15(16)10-2-4-11(5-3-10)26-18(19,20)21/h2-5,9,12,15,17H,6-7,23H2,1H3. The molecule has 1 aromatic carbocycles. The third kappa shape index (κ3) is 3.53. The summed E-state index contributed by atoms with van der Waals surface area (Å²) in [5.74, 6) is -1.36. The fraction of sp³-hybridized carbons (Fsp3) is 0.444. The zero-order valence-corrected chi connectivity index (χ0v) is 13.9. The van der Waals surface area contributed by atoms with Crippen LogP contribution in [0.5, 0.6) is 5.75 Å². The molecule has 0 radical (unpaired) electrons. The number of ether oxygens (including phenoxy) is 2. The van der Waals surface area contributed by atoms with Gasteiger partial charge in [-0.05, 0) is 23.6 Å². The van der Waals surface area contributed by atoms with Gasteiger partial charge in [0.05, 0.1) is 6.07 Å². The van der Waals surface area contributed by atoms with E-state index in [1.807, 2.05) is 6.92 Å². The quantitative estimate of drug-likeness (QED) is 0.867. The van der Waals surface area contributed by atoms with E-state index >= 15 is 0 Å². The van der Waals surface area contributed by atoms with Gasteiger partial charge in [-0.15, -0.1) is 13.2 Å². The minimum absolute atomic E-state index is 0.107. The summed E-state index contributed by atoms with van der Waals surface area (Å²) in [7, 11) is 0. The highest BCUT2D eigenvalue weighted by molar-refractivity contribution is 5.98. The van der Waals surface area contributed by atoms with Crippen molar-refractivity contribution in [3.8, 4) is 11.8 Å². The average Bonchev–Trinajstić information content (AvgIpc) is 2.52. The molecule has 1 heterocycles. The number of allylic oxidation sites excluding steroid dienone is 2. The maximum Gasteiger partial charge on any atom is 0.573 e. The monoisotopic (exact) mass is 366 g/mol. The number of carbonyl (C=O) groups is 1. The summed E-state index contributed by atoms with van der Waals surface area (Å²) in [5, 5.41) is 9.51. The SMILES string of the molecule is CC1CC(=O)C2=C(C1)OC(N)C(C#N)C2c1ccc(OC(F)(F)F)cc1. The highest BCUT2D eigenvalue weighted by atomic mass is 19.4. The van der Waals surface area contributed by atoms with E-state index < -0.39 is 24.4 Å². The van der Waals surface area contributed by atoms with Crippen molar-refractivity contribution in [2.75, 3.05) is 0 Å². The Morgan fingerprint density at radius 2 is 1.92 bits per heavy atom. The lowest BCUT2D eigenvalue weighted by molar-refractivity contribution is -0.274. The first-order valence-corrected chi connectivity index (χ1v) is 8.13. The van der Waals surface area contributed by atoms with Gasteiger partial charge in [-0.2, -0.15) is 5.26 Å². The van der Waals surface area contributed by atoms with Crippen molar-refractivity contribution in [2.24, 2.45) is 17.6 Å². The van der Waals surface area contributed by atoms with Crippen molar-refractivity contribution in [2.45, 2.75) is 38.3 Å². The van der Waals surface area contributed by atoms with Gasteiger partial charge in [0.2, 0.25) is 0 Å². The lowest BCUT2D eigenvalue weighted by Crippen LogP contribution is -2.43. The topological polar surface area (TPSA) is 85.3 Å². The molecule has 1 aliphatic carbocycles. The van der Waals surface area contributed by atoms with Gasteiger partial charge in [0.1, 0.15) is 17.4 Å². The molecule has 1 aliphatic heterocycles. The average molecular weight is 366 g/mol. The predicted molar refractivity (Wildman–Crippen MR) is 84.5 cm³/mol. The molecule has 5 nitrogen and oxygen atoms in total. The van der Waals surface area contributed by atoms with Gasteiger partial charge in [0.15, 0.2) is 12.0 Å². The van der Waals surface area contributed by atoms with Crippen LogP contribution in [0.4, 0.5) is 13.2 Å². The number of ketones is 1. The maximum atomic E-state index is 12.6. The Bertz CT molecular complexity index is 780. The molecule has 0 bridgehead atoms. The Balaban J connectivity index is 2.01. The van der Waals surface area contributed by atoms with Crippen LogP contribution in [0, 0.1) is 23.2 Å². The molecular formula is C18H17F3N2O3. The van der Waals surface area contributed by atoms with Crippen molar-refractivity contribution in [1.82, 2.24) is 0 Å². The number of hydrogen-bond donors (Lipinski definition) is 1. The molecule has 26 heavy (non-hydrogen) atoms. The number of halogens is 3. The van der Waals surface area contributed by atoms with Gasteiger partial charge in [0.25, 0.3) is 0 Å². The van der Waals surface area contributed by atoms with E-state index in [1.54, 1.807) is 0 Å². The summed E-state index contributed by atoms with van der Waals surface area (Å²) in [5.41, 5.74) is 6.90. The normalized spacial score (nSPS) is 28.8. The number of carbonyl (C=O) groups excluding carboxylic acids is 1. The van der Waals surface area contributed by atoms with Crippen LogP contribution in [0.2, 0.25) is 0 Å². The number of benzene rings is 1. The van der Waals surface area contributed by atoms with Crippen LogP contribution < -0.4 is 10.5 Å². The number of rotatable bonds is 2. The van der Waals surface area contributed by atoms with E-state index in [-0.39, 0.29) is 17.5 Å². The Morgan fingerprint density at radius 3 is 2.50 bits per heavy atom. The Kier molecular flexibility index (Phi) is 4.67. The summed E-state index contributed by atoms with van der Waals surface area (Å²) < 4.78 is 46.5. The first kappa shape index (κ1) is 18.3. The number of Topliss-reactive ketones (excluding diaryl/α,β-unsaturated/α-hetero) is 1. The molecular weight excluding hydrogens is 349 g/mol. The van der Waals surface area contributed by atoms with Crippen LogP contribution in [0.1, 0.15) is 31.2 Å². The van der Waals surface area contributed by atoms with Crippen molar-refractivity contribution in [1.29, 1.82) is 5.26 Å². The maximum absolute atomic E-state index is 12.6. The van der Waals surface area contributed by atoms with E-state index in [1.165, 1.54) is 12.1 Å². The fourth-order valence-corrected chi connectivity index (χ4v) is 3.54. The Labute approximate surface area is 148 Å². The molecule has 8 heteroatoms. The van der Waals surface area contributed by atoms with Crippen molar-refractivity contribution >= 4 is 5.78 Å². The molecule has 4 atom stereocenters. The molecule has 1 aromatic rings. The second kappa shape index (κ2) is 6.65. The first-order valence-electron chi connectivity index (χ1n) is 8.13. The molecule has 138 valence electrons. The van der Waals surface area contributed by atoms with Gasteiger partial charge in [-0.25, -0.2) is 0 Å². The van der Waals surface area contributed by atoms with Crippen LogP contribution in [-0.2, 0) is 9.53 Å². The van der Waals surface area contributed by atoms with Gasteiger partial charge in [-0.1, -0.05) is 19.1 Å². The summed E-state index contributed by atoms with van der Waals surface area (Å²) in [6.45, 7) is 1.92. The lowest BCUT2D eigenvalue weighted by Gasteiger charge is -2.39. The van der Waals surface area contributed by atoms with E-state index in [0.717, 1.165) is 12.1 Å². The molecule has 0 aromatic heterocycles. The second-order valence-electron chi connectivity index (χ2n) is 6.61. The van der Waals surface area contributed by atoms with Crippen LogP contribution in [0.25, 0.3) is 0 Å². The highest BCUT2D eigenvalue weighted by Crippen LogP contribution is 2.45. The van der Waals surface area contributed by atoms with Gasteiger partial charge in [0, 0.05) is 24.3 Å². The molecule has 2 aliphatic rings. The molecule has 4 unspecified atom stereocenters. The van der Waals surface area contributed by atoms with Crippen molar-refractivity contribution in [3.05, 3.63) is 41.2 Å². The zero-order valence-electron chi connectivity index (χ0n) is 13.9. The first-order chi connectivity index (χ1) is 12.2. The van der Waals surface area contributed by atoms with Gasteiger partial charge < -0.3 is 9.47 Å². The Hall–Kier alpha value is -2.53.